The average Bonchev–Trinajstić information content (AvgIpc) is 3.17. The van der Waals surface area contributed by atoms with Crippen molar-refractivity contribution in [3.05, 3.63) is 0 Å². The summed E-state index contributed by atoms with van der Waals surface area (Å²) in [5, 5.41) is 0. The van der Waals surface area contributed by atoms with Crippen molar-refractivity contribution in [3.8, 4) is 0 Å². The van der Waals surface area contributed by atoms with E-state index in [0.29, 0.717) is 19.3 Å². The number of ether oxygens (including phenoxy) is 6. The molecule has 3 heterocycles. The molecule has 3 aliphatic rings. The molecule has 3 aliphatic heterocycles. The van der Waals surface area contributed by atoms with E-state index in [1.807, 2.05) is 41.5 Å². The maximum Gasteiger partial charge on any atom is 0.311 e. The number of carbonyl (C=O) groups is 2. The lowest BCUT2D eigenvalue weighted by Crippen LogP contribution is -2.65. The molecule has 0 amide bonds. The van der Waals surface area contributed by atoms with Gasteiger partial charge in [-0.05, 0) is 173 Å². The number of esters is 1. The molecule has 3 saturated heterocycles. The summed E-state index contributed by atoms with van der Waals surface area (Å²) >= 11 is 0. The van der Waals surface area contributed by atoms with Gasteiger partial charge in [-0.2, -0.15) is 0 Å². The van der Waals surface area contributed by atoms with Crippen LogP contribution in [-0.4, -0.2) is 164 Å². The molecule has 0 bridgehead atoms. The van der Waals surface area contributed by atoms with Crippen LogP contribution in [0, 0.1) is 23.7 Å². The van der Waals surface area contributed by atoms with Gasteiger partial charge in [0.05, 0.1) is 53.7 Å². The topological polar surface area (TPSA) is 139 Å². The Morgan fingerprint density at radius 3 is 1.61 bits per heavy atom. The van der Waals surface area contributed by atoms with Crippen LogP contribution in [-0.2, 0) is 60.1 Å². The maximum atomic E-state index is 15.5. The Bertz CT molecular complexity index is 1730. The number of methoxy groups -OCH3 is 1. The fraction of sp³-hybridized carbons (Fsp3) is 0.962. The largest absolute Gasteiger partial charge is 0.459 e. The van der Waals surface area contributed by atoms with Crippen LogP contribution in [0.15, 0.2) is 0 Å². The fourth-order valence-electron chi connectivity index (χ4n) is 11.6. The minimum absolute atomic E-state index is 0.0172. The highest BCUT2D eigenvalue weighted by molar-refractivity contribution is 6.71. The van der Waals surface area contributed by atoms with Gasteiger partial charge in [0.2, 0.25) is 0 Å². The molecule has 10 unspecified atom stereocenters. The SMILES string of the molecule is CC[C@H]1OC(=O)[C@H](C)[C@@H](OC2CC(C)(OC)C(O[Si](C)(C)C)C(C)O2)[C@H](C)[C@@H](OC2OC(C)CC(N(C)C)C2O[Si](C)(C)C)C(C)(O[Si](C)(C)C)C[C@@H](C)C(=O)[C@H](C)C(O[Si](C)(C)C)[C@]1(C)O[Si](C)(C)C. The van der Waals surface area contributed by atoms with Gasteiger partial charge in [0.25, 0.3) is 0 Å². The number of carbonyl (C=O) groups excluding carboxylic acids is 2. The second kappa shape index (κ2) is 24.2. The van der Waals surface area contributed by atoms with Gasteiger partial charge in [-0.3, -0.25) is 9.59 Å². The lowest BCUT2D eigenvalue weighted by molar-refractivity contribution is -0.314. The highest BCUT2D eigenvalue weighted by atomic mass is 28.4. The number of hydrogen-bond acceptors (Lipinski definition) is 14. The van der Waals surface area contributed by atoms with Gasteiger partial charge in [-0.25, -0.2) is 0 Å². The van der Waals surface area contributed by atoms with Crippen LogP contribution >= 0.6 is 0 Å². The zero-order valence-corrected chi connectivity index (χ0v) is 55.2. The number of rotatable bonds is 17. The number of cyclic esters (lactones) is 1. The molecule has 0 saturated carbocycles. The van der Waals surface area contributed by atoms with Crippen LogP contribution in [0.3, 0.4) is 0 Å². The van der Waals surface area contributed by atoms with Crippen molar-refractivity contribution < 1.29 is 60.1 Å². The van der Waals surface area contributed by atoms with E-state index in [9.17, 15) is 0 Å². The Kier molecular flexibility index (Phi) is 22.2. The van der Waals surface area contributed by atoms with Gasteiger partial charge in [0, 0.05) is 37.3 Å². The molecule has 0 aromatic heterocycles. The third-order valence-electron chi connectivity index (χ3n) is 14.2. The summed E-state index contributed by atoms with van der Waals surface area (Å²) in [6.07, 6.45) is -4.41. The second-order valence-electron chi connectivity index (χ2n) is 27.4. The van der Waals surface area contributed by atoms with Gasteiger partial charge >= 0.3 is 5.97 Å². The summed E-state index contributed by atoms with van der Waals surface area (Å²) in [5.41, 5.74) is -3.10. The van der Waals surface area contributed by atoms with E-state index >= 15 is 9.59 Å². The van der Waals surface area contributed by atoms with Crippen LogP contribution < -0.4 is 0 Å². The first-order valence-corrected chi connectivity index (χ1v) is 43.9. The van der Waals surface area contributed by atoms with Crippen molar-refractivity contribution in [2.45, 2.75) is 277 Å². The van der Waals surface area contributed by atoms with E-state index in [4.69, 9.17) is 50.6 Å². The fourth-order valence-corrected chi connectivity index (χ4v) is 18.3. The highest BCUT2D eigenvalue weighted by Gasteiger charge is 2.57. The molecule has 0 spiro atoms. The van der Waals surface area contributed by atoms with Crippen molar-refractivity contribution in [1.82, 2.24) is 4.90 Å². The van der Waals surface area contributed by atoms with Crippen molar-refractivity contribution >= 4 is 53.3 Å². The van der Waals surface area contributed by atoms with Gasteiger partial charge < -0.3 is 55.5 Å². The number of nitrogens with zero attached hydrogens (tertiary/aromatic N) is 1. The van der Waals surface area contributed by atoms with E-state index in [0.717, 1.165) is 6.42 Å². The van der Waals surface area contributed by atoms with E-state index in [1.165, 1.54) is 0 Å². The van der Waals surface area contributed by atoms with Crippen molar-refractivity contribution in [2.24, 2.45) is 23.7 Å². The molecule has 3 fully saturated rings. The molecule has 0 radical (unpaired) electrons. The Morgan fingerprint density at radius 2 is 1.14 bits per heavy atom. The molecule has 19 heteroatoms. The lowest BCUT2D eigenvalue weighted by atomic mass is 9.74. The monoisotopic (exact) mass is 1090 g/mol. The minimum Gasteiger partial charge on any atom is -0.459 e. The second-order valence-corrected chi connectivity index (χ2v) is 49.7. The molecular weight excluding hydrogens is 987 g/mol. The summed E-state index contributed by atoms with van der Waals surface area (Å²) in [5.74, 6) is -3.07. The zero-order valence-electron chi connectivity index (χ0n) is 50.2. The molecule has 0 aromatic rings. The van der Waals surface area contributed by atoms with E-state index in [1.54, 1.807) is 7.11 Å². The number of Topliss-reactive ketones (excluding diaryl/α,β-unsaturated/α-hetero) is 1. The van der Waals surface area contributed by atoms with Gasteiger partial charge in [0.1, 0.15) is 23.6 Å². The quantitative estimate of drug-likeness (QED) is 0.101. The Hall–Kier alpha value is -0.216. The molecule has 14 nitrogen and oxygen atoms in total. The van der Waals surface area contributed by atoms with Gasteiger partial charge in [-0.15, -0.1) is 0 Å². The first-order chi connectivity index (χ1) is 31.9. The zero-order chi connectivity index (χ0) is 55.0. The summed E-state index contributed by atoms with van der Waals surface area (Å²) < 4.78 is 77.7. The summed E-state index contributed by atoms with van der Waals surface area (Å²) in [6, 6.07) is -0.0205. The molecule has 3 rings (SSSR count). The molecule has 18 atom stereocenters. The summed E-state index contributed by atoms with van der Waals surface area (Å²) in [4.78, 5) is 33.2. The van der Waals surface area contributed by atoms with Crippen LogP contribution in [0.4, 0.5) is 0 Å². The Labute approximate surface area is 438 Å². The molecule has 0 aliphatic carbocycles. The first-order valence-electron chi connectivity index (χ1n) is 26.9. The molecule has 0 N–H and O–H groups in total. The molecule has 71 heavy (non-hydrogen) atoms. The maximum absolute atomic E-state index is 15.5. The number of likely N-dealkylation sites (N-methyl/N-ethyl adjacent to an activating group) is 1. The van der Waals surface area contributed by atoms with E-state index in [-0.39, 0.29) is 24.0 Å². The predicted octanol–water partition coefficient (Wildman–Crippen LogP) is 11.1. The number of ketones is 1. The molecular formula is C52H107NO13Si5. The Morgan fingerprint density at radius 1 is 0.620 bits per heavy atom. The van der Waals surface area contributed by atoms with Crippen LogP contribution in [0.25, 0.3) is 0 Å². The number of hydrogen-bond donors (Lipinski definition) is 0. The van der Waals surface area contributed by atoms with E-state index < -0.39 is 137 Å². The van der Waals surface area contributed by atoms with Crippen molar-refractivity contribution in [2.75, 3.05) is 21.2 Å². The third-order valence-corrected chi connectivity index (χ3v) is 19.2. The Balaban J connectivity index is 2.50. The van der Waals surface area contributed by atoms with Gasteiger partial charge in [-0.1, -0.05) is 27.7 Å². The predicted molar refractivity (Wildman–Crippen MR) is 297 cm³/mol. The summed E-state index contributed by atoms with van der Waals surface area (Å²) in [6.45, 7) is 52.4. The molecule has 418 valence electrons. The van der Waals surface area contributed by atoms with Crippen molar-refractivity contribution in [1.29, 1.82) is 0 Å². The van der Waals surface area contributed by atoms with Crippen LogP contribution in [0.5, 0.6) is 0 Å². The standard InChI is InChI=1S/C52H107NO13Si5/c1-29-40-52(10,66-71(26,27)28)46(63-68(17,18)19)35(4)42(54)33(2)31-51(9,65-70(23,24)25)45(61-49-44(62-67(14,15)16)39(53(11)12)30-34(3)57-49)36(5)43(37(6)48(55)59-40)60-41-32-50(8,56-13)47(38(7)58-41)64-69(20,21)22/h33-41,43-47,49H,29-32H2,1-28H3/t33-,34?,35+,36+,37-,38?,39?,40-,41?,43+,44?,45-,46?,47?,49?,50?,51?,52-/m1/s1. The normalized spacial score (nSPS) is 40.4. The van der Waals surface area contributed by atoms with Gasteiger partial charge in [0.15, 0.2) is 54.2 Å². The first kappa shape index (κ1) is 65.1. The van der Waals surface area contributed by atoms with Crippen LogP contribution in [0.2, 0.25) is 98.2 Å². The van der Waals surface area contributed by atoms with Crippen LogP contribution in [0.1, 0.15) is 94.9 Å². The van der Waals surface area contributed by atoms with E-state index in [2.05, 4.69) is 145 Å². The smallest absolute Gasteiger partial charge is 0.311 e. The average molecular weight is 1090 g/mol. The van der Waals surface area contributed by atoms with Crippen molar-refractivity contribution in [3.63, 3.8) is 0 Å². The molecule has 0 aromatic carbocycles. The lowest BCUT2D eigenvalue weighted by Gasteiger charge is -2.53. The summed E-state index contributed by atoms with van der Waals surface area (Å²) in [7, 11) is -5.65. The highest BCUT2D eigenvalue weighted by Crippen LogP contribution is 2.45. The minimum atomic E-state index is -2.48. The third kappa shape index (κ3) is 17.9.